The maximum absolute atomic E-state index is 14.7. The van der Waals surface area contributed by atoms with E-state index in [-0.39, 0.29) is 46.9 Å². The number of hydrogen-bond donors (Lipinski definition) is 2. The number of nitrogens with one attached hydrogen (secondary N) is 1. The SMILES string of the molecule is COc1cc(Br)cc(C2C3=CCC4C(=O)N(c5ccc(Nc6ccccc6)cc5)C(=O)C4C3CC3C(=O)N(c4ccc(F)c(Cl)c4)C(=O)C32C)c1O. The van der Waals surface area contributed by atoms with E-state index in [1.165, 1.54) is 24.1 Å². The van der Waals surface area contributed by atoms with Crippen LogP contribution < -0.4 is 19.9 Å². The molecule has 264 valence electrons. The van der Waals surface area contributed by atoms with Gasteiger partial charge in [0.1, 0.15) is 5.82 Å². The van der Waals surface area contributed by atoms with Gasteiger partial charge in [-0.1, -0.05) is 57.4 Å². The second-order valence-electron chi connectivity index (χ2n) is 13.9. The quantitative estimate of drug-likeness (QED) is 0.150. The van der Waals surface area contributed by atoms with Crippen LogP contribution in [0.2, 0.25) is 5.02 Å². The number of allylic oxidation sites excluding steroid dienone is 2. The molecular weight excluding hydrogens is 753 g/mol. The predicted octanol–water partition coefficient (Wildman–Crippen LogP) is 8.13. The Morgan fingerprint density at radius 2 is 1.58 bits per heavy atom. The van der Waals surface area contributed by atoms with Crippen LogP contribution in [0.4, 0.5) is 27.1 Å². The van der Waals surface area contributed by atoms with E-state index in [4.69, 9.17) is 16.3 Å². The van der Waals surface area contributed by atoms with Gasteiger partial charge in [-0.2, -0.15) is 0 Å². The number of fused-ring (bicyclic) bond motifs is 4. The van der Waals surface area contributed by atoms with Gasteiger partial charge in [-0.25, -0.2) is 9.29 Å². The molecule has 6 unspecified atom stereocenters. The normalized spacial score (nSPS) is 26.6. The molecule has 8 rings (SSSR count). The molecule has 4 aliphatic rings. The summed E-state index contributed by atoms with van der Waals surface area (Å²) in [6.07, 6.45) is 2.24. The minimum absolute atomic E-state index is 0.106. The van der Waals surface area contributed by atoms with E-state index in [0.717, 1.165) is 22.3 Å². The number of ether oxygens (including phenoxy) is 1. The van der Waals surface area contributed by atoms with Crippen molar-refractivity contribution in [3.05, 3.63) is 117 Å². The van der Waals surface area contributed by atoms with Crippen LogP contribution in [0.25, 0.3) is 0 Å². The molecule has 0 aromatic heterocycles. The Hall–Kier alpha value is -5.00. The lowest BCUT2D eigenvalue weighted by Crippen LogP contribution is -2.49. The first-order chi connectivity index (χ1) is 24.9. The number of para-hydroxylation sites is 1. The molecule has 2 saturated heterocycles. The highest BCUT2D eigenvalue weighted by Gasteiger charge is 2.68. The first kappa shape index (κ1) is 34.1. The molecule has 3 fully saturated rings. The maximum Gasteiger partial charge on any atom is 0.241 e. The summed E-state index contributed by atoms with van der Waals surface area (Å²) in [5.74, 6) is -6.49. The van der Waals surface area contributed by atoms with E-state index in [9.17, 15) is 28.7 Å². The van der Waals surface area contributed by atoms with Gasteiger partial charge in [0.2, 0.25) is 23.6 Å². The Labute approximate surface area is 312 Å². The number of imide groups is 2. The van der Waals surface area contributed by atoms with Gasteiger partial charge in [0.25, 0.3) is 0 Å². The largest absolute Gasteiger partial charge is 0.504 e. The van der Waals surface area contributed by atoms with Gasteiger partial charge in [0, 0.05) is 27.3 Å². The highest BCUT2D eigenvalue weighted by molar-refractivity contribution is 9.10. The fraction of sp³-hybridized carbons (Fsp3) is 0.250. The highest BCUT2D eigenvalue weighted by atomic mass is 79.9. The minimum atomic E-state index is -1.44. The number of phenols is 1. The number of methoxy groups -OCH3 is 1. The van der Waals surface area contributed by atoms with Crippen molar-refractivity contribution in [3.8, 4) is 11.5 Å². The molecule has 4 aromatic carbocycles. The number of carbonyl (C=O) groups is 4. The number of carbonyl (C=O) groups excluding carboxylic acids is 4. The van der Waals surface area contributed by atoms with Crippen LogP contribution in [-0.4, -0.2) is 35.8 Å². The van der Waals surface area contributed by atoms with E-state index in [1.807, 2.05) is 36.4 Å². The van der Waals surface area contributed by atoms with E-state index >= 15 is 0 Å². The third-order valence-corrected chi connectivity index (χ3v) is 12.0. The molecule has 1 saturated carbocycles. The average molecular weight is 785 g/mol. The molecule has 12 heteroatoms. The number of halogens is 3. The summed E-state index contributed by atoms with van der Waals surface area (Å²) in [6, 6.07) is 23.6. The molecule has 2 N–H and O–H groups in total. The van der Waals surface area contributed by atoms with Crippen LogP contribution in [0.3, 0.4) is 0 Å². The molecule has 2 aliphatic carbocycles. The second kappa shape index (κ2) is 12.6. The van der Waals surface area contributed by atoms with E-state index in [2.05, 4.69) is 21.2 Å². The molecule has 0 bridgehead atoms. The monoisotopic (exact) mass is 783 g/mol. The van der Waals surface area contributed by atoms with Crippen molar-refractivity contribution in [3.63, 3.8) is 0 Å². The second-order valence-corrected chi connectivity index (χ2v) is 15.2. The predicted molar refractivity (Wildman–Crippen MR) is 197 cm³/mol. The zero-order valence-corrected chi connectivity index (χ0v) is 30.3. The van der Waals surface area contributed by atoms with Gasteiger partial charge in [-0.05, 0) is 92.4 Å². The Morgan fingerprint density at radius 3 is 2.27 bits per heavy atom. The number of amides is 4. The summed E-state index contributed by atoms with van der Waals surface area (Å²) in [4.78, 5) is 60.0. The highest BCUT2D eigenvalue weighted by Crippen LogP contribution is 2.65. The number of aromatic hydroxyl groups is 1. The van der Waals surface area contributed by atoms with Crippen molar-refractivity contribution in [1.29, 1.82) is 0 Å². The van der Waals surface area contributed by atoms with Crippen LogP contribution in [0.1, 0.15) is 31.2 Å². The fourth-order valence-corrected chi connectivity index (χ4v) is 9.47. The van der Waals surface area contributed by atoms with Crippen LogP contribution in [-0.2, 0) is 19.2 Å². The lowest BCUT2D eigenvalue weighted by atomic mass is 9.51. The summed E-state index contributed by atoms with van der Waals surface area (Å²) in [5, 5.41) is 14.7. The van der Waals surface area contributed by atoms with Gasteiger partial charge >= 0.3 is 0 Å². The number of hydrogen-bond acceptors (Lipinski definition) is 7. The van der Waals surface area contributed by atoms with Crippen molar-refractivity contribution in [2.24, 2.45) is 29.1 Å². The van der Waals surface area contributed by atoms with Crippen LogP contribution in [0.15, 0.2) is 101 Å². The number of phenolic OH excluding ortho intramolecular Hbond substituents is 1. The molecule has 4 amide bonds. The first-order valence-electron chi connectivity index (χ1n) is 16.8. The molecule has 0 spiro atoms. The number of anilines is 4. The molecule has 2 aliphatic heterocycles. The number of rotatable bonds is 6. The molecule has 9 nitrogen and oxygen atoms in total. The summed E-state index contributed by atoms with van der Waals surface area (Å²) in [7, 11) is 1.41. The van der Waals surface area contributed by atoms with Crippen molar-refractivity contribution in [2.75, 3.05) is 22.2 Å². The topological polar surface area (TPSA) is 116 Å². The zero-order chi connectivity index (χ0) is 36.6. The molecule has 4 aromatic rings. The summed E-state index contributed by atoms with van der Waals surface area (Å²) >= 11 is 9.62. The molecule has 52 heavy (non-hydrogen) atoms. The van der Waals surface area contributed by atoms with E-state index in [0.29, 0.717) is 21.3 Å². The molecule has 2 heterocycles. The van der Waals surface area contributed by atoms with Gasteiger partial charge in [0.05, 0.1) is 46.7 Å². The number of nitrogens with zero attached hydrogens (tertiary/aromatic N) is 2. The van der Waals surface area contributed by atoms with Gasteiger partial charge in [-0.15, -0.1) is 0 Å². The van der Waals surface area contributed by atoms with Gasteiger partial charge in [0.15, 0.2) is 11.5 Å². The summed E-state index contributed by atoms with van der Waals surface area (Å²) in [5.41, 5.74) is 1.81. The minimum Gasteiger partial charge on any atom is -0.504 e. The first-order valence-corrected chi connectivity index (χ1v) is 18.0. The number of benzene rings is 4. The van der Waals surface area contributed by atoms with Crippen molar-refractivity contribution in [2.45, 2.75) is 25.7 Å². The Morgan fingerprint density at radius 1 is 0.885 bits per heavy atom. The van der Waals surface area contributed by atoms with E-state index in [1.54, 1.807) is 43.3 Å². The van der Waals surface area contributed by atoms with Gasteiger partial charge in [-0.3, -0.25) is 24.1 Å². The Balaban J connectivity index is 1.21. The molecule has 6 atom stereocenters. The van der Waals surface area contributed by atoms with Crippen molar-refractivity contribution < 1.29 is 33.4 Å². The smallest absolute Gasteiger partial charge is 0.241 e. The third kappa shape index (κ3) is 5.08. The Bertz CT molecular complexity index is 2210. The molecule has 0 radical (unpaired) electrons. The summed E-state index contributed by atoms with van der Waals surface area (Å²) in [6.45, 7) is 1.70. The maximum atomic E-state index is 14.7. The standard InChI is InChI=1S/C40H32BrClFN3O6/c1-40-29(37(49)46(39(40)51)24-12-15-31(43)30(42)18-24)19-27-25(34(40)28-16-20(41)17-32(52-2)35(28)47)13-14-26-33(27)38(50)45(36(26)48)23-10-8-22(9-11-23)44-21-6-4-3-5-7-21/h3-13,15-18,26-27,29,33-34,44,47H,14,19H2,1-2H3. The fourth-order valence-electron chi connectivity index (χ4n) is 8.84. The van der Waals surface area contributed by atoms with Gasteiger partial charge < -0.3 is 15.2 Å². The lowest BCUT2D eigenvalue weighted by molar-refractivity contribution is -0.131. The summed E-state index contributed by atoms with van der Waals surface area (Å²) < 4.78 is 20.3. The average Bonchev–Trinajstić information content (AvgIpc) is 3.50. The Kier molecular flexibility index (Phi) is 8.26. The van der Waals surface area contributed by atoms with Crippen molar-refractivity contribution >= 4 is 73.9 Å². The van der Waals surface area contributed by atoms with E-state index < -0.39 is 52.6 Å². The molecular formula is C40H32BrClFN3O6. The third-order valence-electron chi connectivity index (χ3n) is 11.2. The van der Waals surface area contributed by atoms with Crippen molar-refractivity contribution in [1.82, 2.24) is 0 Å². The lowest BCUT2D eigenvalue weighted by Gasteiger charge is -2.49. The van der Waals surface area contributed by atoms with Crippen LogP contribution >= 0.6 is 27.5 Å². The zero-order valence-electron chi connectivity index (χ0n) is 28.0. The van der Waals surface area contributed by atoms with Crippen LogP contribution in [0, 0.1) is 34.9 Å². The van der Waals surface area contributed by atoms with Crippen LogP contribution in [0.5, 0.6) is 11.5 Å².